The Labute approximate surface area is 290 Å². The lowest BCUT2D eigenvalue weighted by atomic mass is 10.0. The second kappa shape index (κ2) is 15.0. The lowest BCUT2D eigenvalue weighted by molar-refractivity contribution is -0.134. The molecule has 50 heavy (non-hydrogen) atoms. The van der Waals surface area contributed by atoms with Gasteiger partial charge in [0.25, 0.3) is 0 Å². The monoisotopic (exact) mass is 725 g/mol. The molecule has 5 N–H and O–H groups in total. The Bertz CT molecular complexity index is 1950. The molecule has 0 radical (unpaired) electrons. The molecule has 16 heteroatoms. The molecule has 1 aliphatic carbocycles. The zero-order chi connectivity index (χ0) is 36.1. The first-order valence-electron chi connectivity index (χ1n) is 15.9. The van der Waals surface area contributed by atoms with E-state index >= 15 is 0 Å². The fraction of sp³-hybridized carbons (Fsp3) is 0.353. The second-order valence-electron chi connectivity index (χ2n) is 12.4. The zero-order valence-electron chi connectivity index (χ0n) is 27.5. The summed E-state index contributed by atoms with van der Waals surface area (Å²) in [6.45, 7) is 1.69. The number of nitrogens with one attached hydrogen (secondary N) is 5. The first-order chi connectivity index (χ1) is 23.6. The first-order valence-corrected chi connectivity index (χ1v) is 19.3. The van der Waals surface area contributed by atoms with Gasteiger partial charge in [0, 0.05) is 12.7 Å². The number of hydrogen-bond acceptors (Lipinski definition) is 9. The Hall–Kier alpha value is -4.80. The molecule has 6 rings (SSSR count). The molecule has 0 saturated heterocycles. The van der Waals surface area contributed by atoms with Gasteiger partial charge >= 0.3 is 0 Å². The van der Waals surface area contributed by atoms with E-state index in [1.165, 1.54) is 6.92 Å². The van der Waals surface area contributed by atoms with Crippen LogP contribution in [0.5, 0.6) is 5.75 Å². The Morgan fingerprint density at radius 3 is 2.06 bits per heavy atom. The van der Waals surface area contributed by atoms with Gasteiger partial charge in [0.1, 0.15) is 36.0 Å². The van der Waals surface area contributed by atoms with Crippen LogP contribution in [0.3, 0.4) is 0 Å². The quantitative estimate of drug-likeness (QED) is 0.222. The minimum atomic E-state index is -4.36. The molecule has 2 aliphatic heterocycles. The highest BCUT2D eigenvalue weighted by molar-refractivity contribution is 7.90. The van der Waals surface area contributed by atoms with Gasteiger partial charge in [-0.2, -0.15) is 4.72 Å². The highest BCUT2D eigenvalue weighted by Gasteiger charge is 2.51. The zero-order valence-corrected chi connectivity index (χ0v) is 29.1. The van der Waals surface area contributed by atoms with Crippen LogP contribution in [0.2, 0.25) is 0 Å². The number of hydrogen-bond donors (Lipinski definition) is 5. The molecular weight excluding hydrogens is 687 g/mol. The van der Waals surface area contributed by atoms with E-state index in [-0.39, 0.29) is 41.7 Å². The number of sulfone groups is 1. The molecule has 2 heterocycles. The summed E-state index contributed by atoms with van der Waals surface area (Å²) < 4.78 is 58.7. The summed E-state index contributed by atoms with van der Waals surface area (Å²) in [6, 6.07) is 16.4. The Morgan fingerprint density at radius 2 is 1.44 bits per heavy atom. The van der Waals surface area contributed by atoms with Crippen molar-refractivity contribution < 1.29 is 40.8 Å². The maximum atomic E-state index is 13.7. The van der Waals surface area contributed by atoms with E-state index in [0.29, 0.717) is 24.2 Å². The lowest BCUT2D eigenvalue weighted by Crippen LogP contribution is -2.59. The SMILES string of the molecule is C[C@@H]1NC(=O)[C@@H](NS(=O)(=O)c2ccc(S(C)(=O)=O)cc2)Cc2ccc(cc2)OCCNC(=O)C2(CC2)NC(=O)[C@@H](Cc2ccccc2)NC1=O. The standard InChI is InChI=1S/C34H39N5O9S2/c1-22-30(40)37-28(20-23-6-4-3-5-7-23)32(42)38-34(16-17-34)33(43)35-18-19-48-25-10-8-24(9-11-25)21-29(31(41)36-22)39-50(46,47)27-14-12-26(13-15-27)49(2,44)45/h3-15,22,28-29,39H,16-21H2,1-2H3,(H,35,43)(H,36,41)(H,37,40)(H,38,42)/t22-,28+,29-/m0/s1. The lowest BCUT2D eigenvalue weighted by Gasteiger charge is -2.25. The number of ether oxygens (including phenoxy) is 1. The Balaban J connectivity index is 1.41. The summed E-state index contributed by atoms with van der Waals surface area (Å²) in [7, 11) is -7.94. The van der Waals surface area contributed by atoms with Crippen molar-refractivity contribution in [3.8, 4) is 5.75 Å². The summed E-state index contributed by atoms with van der Waals surface area (Å²) >= 11 is 0. The third-order valence-electron chi connectivity index (χ3n) is 8.41. The van der Waals surface area contributed by atoms with Crippen molar-refractivity contribution in [2.24, 2.45) is 0 Å². The van der Waals surface area contributed by atoms with Crippen LogP contribution >= 0.6 is 0 Å². The molecule has 3 aliphatic rings. The highest BCUT2D eigenvalue weighted by Crippen LogP contribution is 2.35. The largest absolute Gasteiger partial charge is 0.492 e. The van der Waals surface area contributed by atoms with Crippen molar-refractivity contribution in [2.45, 2.75) is 66.1 Å². The molecule has 14 nitrogen and oxygen atoms in total. The van der Waals surface area contributed by atoms with Crippen LogP contribution in [0.25, 0.3) is 0 Å². The van der Waals surface area contributed by atoms with E-state index in [0.717, 1.165) is 36.1 Å². The molecular formula is C34H39N5O9S2. The van der Waals surface area contributed by atoms with Crippen LogP contribution in [0.15, 0.2) is 88.7 Å². The van der Waals surface area contributed by atoms with Crippen molar-refractivity contribution in [3.63, 3.8) is 0 Å². The van der Waals surface area contributed by atoms with Crippen LogP contribution in [-0.4, -0.2) is 83.5 Å². The molecule has 3 aromatic rings. The average Bonchev–Trinajstić information content (AvgIpc) is 3.86. The number of rotatable bonds is 6. The summed E-state index contributed by atoms with van der Waals surface area (Å²) in [5.74, 6) is -2.00. The third-order valence-corrected chi connectivity index (χ3v) is 11.0. The van der Waals surface area contributed by atoms with Crippen LogP contribution < -0.4 is 30.7 Å². The highest BCUT2D eigenvalue weighted by atomic mass is 32.2. The van der Waals surface area contributed by atoms with Crippen LogP contribution in [0.4, 0.5) is 0 Å². The van der Waals surface area contributed by atoms with Gasteiger partial charge < -0.3 is 26.0 Å². The maximum Gasteiger partial charge on any atom is 0.245 e. The van der Waals surface area contributed by atoms with Gasteiger partial charge in [-0.1, -0.05) is 42.5 Å². The van der Waals surface area contributed by atoms with E-state index in [2.05, 4.69) is 26.0 Å². The van der Waals surface area contributed by atoms with Gasteiger partial charge in [-0.3, -0.25) is 19.2 Å². The summed E-state index contributed by atoms with van der Waals surface area (Å²) in [5, 5.41) is 10.8. The van der Waals surface area contributed by atoms with E-state index in [1.807, 2.05) is 6.07 Å². The predicted octanol–water partition coefficient (Wildman–Crippen LogP) is 0.369. The molecule has 3 aromatic carbocycles. The molecule has 1 spiro atoms. The van der Waals surface area contributed by atoms with Crippen LogP contribution in [0.1, 0.15) is 30.9 Å². The van der Waals surface area contributed by atoms with Gasteiger partial charge in [-0.25, -0.2) is 16.8 Å². The van der Waals surface area contributed by atoms with E-state index in [4.69, 9.17) is 4.74 Å². The molecule has 1 fully saturated rings. The van der Waals surface area contributed by atoms with E-state index in [1.54, 1.807) is 48.5 Å². The van der Waals surface area contributed by atoms with Gasteiger partial charge in [0.15, 0.2) is 9.84 Å². The molecule has 4 amide bonds. The first kappa shape index (κ1) is 36.5. The fourth-order valence-corrected chi connectivity index (χ4v) is 7.19. The molecule has 3 atom stereocenters. The van der Waals surface area contributed by atoms with E-state index in [9.17, 15) is 36.0 Å². The Kier molecular flexibility index (Phi) is 10.9. The molecule has 0 aromatic heterocycles. The number of sulfonamides is 1. The fourth-order valence-electron chi connectivity index (χ4n) is 5.36. The van der Waals surface area contributed by atoms with Crippen LogP contribution in [-0.2, 0) is 51.9 Å². The minimum absolute atomic E-state index is 0.0761. The molecule has 266 valence electrons. The van der Waals surface area contributed by atoms with Crippen molar-refractivity contribution in [1.82, 2.24) is 26.0 Å². The summed E-state index contributed by atoms with van der Waals surface area (Å²) in [4.78, 5) is 53.4. The summed E-state index contributed by atoms with van der Waals surface area (Å²) in [5.41, 5.74) is 0.187. The topological polar surface area (TPSA) is 206 Å². The predicted molar refractivity (Wildman–Crippen MR) is 182 cm³/mol. The number of amides is 4. The van der Waals surface area contributed by atoms with Gasteiger partial charge in [0.2, 0.25) is 33.7 Å². The Morgan fingerprint density at radius 1 is 0.800 bits per heavy atom. The number of benzene rings is 3. The van der Waals surface area contributed by atoms with Gasteiger partial charge in [0.05, 0.1) is 16.3 Å². The van der Waals surface area contributed by atoms with Crippen molar-refractivity contribution in [3.05, 3.63) is 90.0 Å². The third kappa shape index (κ3) is 9.25. The van der Waals surface area contributed by atoms with Crippen molar-refractivity contribution in [1.29, 1.82) is 0 Å². The summed E-state index contributed by atoms with van der Waals surface area (Å²) in [6.07, 6.45) is 1.81. The number of carbonyl (C=O) groups excluding carboxylic acids is 4. The molecule has 0 unspecified atom stereocenters. The van der Waals surface area contributed by atoms with Crippen molar-refractivity contribution >= 4 is 43.5 Å². The number of carbonyl (C=O) groups is 4. The average molecular weight is 726 g/mol. The van der Waals surface area contributed by atoms with Gasteiger partial charge in [-0.15, -0.1) is 0 Å². The second-order valence-corrected chi connectivity index (χ2v) is 16.2. The van der Waals surface area contributed by atoms with Gasteiger partial charge in [-0.05, 0) is 73.7 Å². The van der Waals surface area contributed by atoms with E-state index < -0.39 is 61.2 Å². The normalized spacial score (nSPS) is 22.0. The number of fused-ring (bicyclic) bond motifs is 15. The maximum absolute atomic E-state index is 13.7. The minimum Gasteiger partial charge on any atom is -0.492 e. The van der Waals surface area contributed by atoms with Crippen molar-refractivity contribution in [2.75, 3.05) is 19.4 Å². The smallest absolute Gasteiger partial charge is 0.245 e. The van der Waals surface area contributed by atoms with Crippen LogP contribution in [0, 0.1) is 0 Å². The molecule has 2 bridgehead atoms. The molecule has 1 saturated carbocycles.